The van der Waals surface area contributed by atoms with Crippen molar-refractivity contribution in [1.82, 2.24) is 15.5 Å². The van der Waals surface area contributed by atoms with Gasteiger partial charge in [0, 0.05) is 64.0 Å². The van der Waals surface area contributed by atoms with E-state index in [9.17, 15) is 13.6 Å². The van der Waals surface area contributed by atoms with Crippen LogP contribution in [0.2, 0.25) is 0 Å². The number of halogens is 3. The molecule has 0 radical (unpaired) electrons. The molecule has 7 nitrogen and oxygen atoms in total. The molecule has 0 atom stereocenters. The Kier molecular flexibility index (Phi) is 10.4. The number of nitrogens with one attached hydrogen (secondary N) is 2. The highest BCUT2D eigenvalue weighted by atomic mass is 35.5. The lowest BCUT2D eigenvalue weighted by molar-refractivity contribution is 0.123. The molecule has 2 N–H and O–H groups in total. The molecule has 0 aliphatic carbocycles. The molecule has 0 bridgehead atoms. The molecule has 0 saturated carbocycles. The summed E-state index contributed by atoms with van der Waals surface area (Å²) >= 11 is 0. The lowest BCUT2D eigenvalue weighted by Gasteiger charge is -2.32. The van der Waals surface area contributed by atoms with Gasteiger partial charge in [-0.05, 0) is 18.4 Å². The number of hydrogen-bond donors (Lipinski definition) is 2. The van der Waals surface area contributed by atoms with E-state index in [1.54, 1.807) is 4.90 Å². The monoisotopic (exact) mass is 510 g/mol. The van der Waals surface area contributed by atoms with E-state index in [2.05, 4.69) is 15.5 Å². The predicted molar refractivity (Wildman–Crippen MR) is 133 cm³/mol. The van der Waals surface area contributed by atoms with Crippen LogP contribution in [0.4, 0.5) is 19.3 Å². The first-order valence-corrected chi connectivity index (χ1v) is 11.9. The number of carbonyl (C=O) groups is 1. The van der Waals surface area contributed by atoms with Crippen molar-refractivity contribution in [2.45, 2.75) is 25.5 Å². The third-order valence-electron chi connectivity index (χ3n) is 6.22. The van der Waals surface area contributed by atoms with Gasteiger partial charge in [0.05, 0.1) is 0 Å². The fraction of sp³-hybridized carbons (Fsp3) is 0.480. The number of rotatable bonds is 8. The molecule has 2 fully saturated rings. The lowest BCUT2D eigenvalue weighted by Crippen LogP contribution is -2.45. The summed E-state index contributed by atoms with van der Waals surface area (Å²) in [5.41, 5.74) is 0.969. The molecule has 0 unspecified atom stereocenters. The van der Waals surface area contributed by atoms with Gasteiger partial charge in [0.1, 0.15) is 24.7 Å². The van der Waals surface area contributed by atoms with Gasteiger partial charge in [0.25, 0.3) is 0 Å². The van der Waals surface area contributed by atoms with E-state index >= 15 is 0 Å². The predicted octanol–water partition coefficient (Wildman–Crippen LogP) is 3.57. The molecule has 4 rings (SSSR count). The van der Waals surface area contributed by atoms with E-state index in [1.807, 2.05) is 30.3 Å². The summed E-state index contributed by atoms with van der Waals surface area (Å²) < 4.78 is 40.0. The molecule has 2 aliphatic heterocycles. The molecule has 10 heteroatoms. The number of carbonyl (C=O) groups excluding carboxylic acids is 1. The molecular formula is C25H33ClF2N4O3. The van der Waals surface area contributed by atoms with Gasteiger partial charge in [-0.2, -0.15) is 0 Å². The van der Waals surface area contributed by atoms with Crippen LogP contribution in [0.15, 0.2) is 42.5 Å². The van der Waals surface area contributed by atoms with Crippen LogP contribution in [0.3, 0.4) is 0 Å². The number of anilines is 1. The summed E-state index contributed by atoms with van der Waals surface area (Å²) in [5.74, 6) is -0.988. The zero-order chi connectivity index (χ0) is 23.8. The minimum atomic E-state index is -0.595. The number of likely N-dealkylation sites (tertiary alicyclic amines) is 1. The Hall–Kier alpha value is -2.62. The van der Waals surface area contributed by atoms with Gasteiger partial charge >= 0.3 is 6.09 Å². The van der Waals surface area contributed by atoms with Gasteiger partial charge in [-0.25, -0.2) is 13.6 Å². The lowest BCUT2D eigenvalue weighted by atomic mass is 10.1. The number of hydrogen-bond acceptors (Lipinski definition) is 6. The highest BCUT2D eigenvalue weighted by molar-refractivity contribution is 5.85. The first-order valence-electron chi connectivity index (χ1n) is 11.9. The van der Waals surface area contributed by atoms with Crippen LogP contribution in [0, 0.1) is 11.6 Å². The van der Waals surface area contributed by atoms with Crippen LogP contribution in [0.1, 0.15) is 18.4 Å². The minimum absolute atomic E-state index is 0. The van der Waals surface area contributed by atoms with E-state index in [1.165, 1.54) is 12.1 Å². The molecular weight excluding hydrogens is 478 g/mol. The van der Waals surface area contributed by atoms with Gasteiger partial charge in [-0.3, -0.25) is 4.90 Å². The van der Waals surface area contributed by atoms with Gasteiger partial charge in [-0.1, -0.05) is 30.3 Å². The highest BCUT2D eigenvalue weighted by Crippen LogP contribution is 2.28. The summed E-state index contributed by atoms with van der Waals surface area (Å²) in [5, 5.41) is 6.10. The third kappa shape index (κ3) is 7.95. The fourth-order valence-electron chi connectivity index (χ4n) is 4.34. The Balaban J connectivity index is 0.00000342. The number of ether oxygens (including phenoxy) is 2. The molecule has 2 saturated heterocycles. The number of nitrogens with zero attached hydrogens (tertiary/aromatic N) is 2. The first-order chi connectivity index (χ1) is 16.6. The Labute approximate surface area is 211 Å². The Morgan fingerprint density at radius 1 is 1.03 bits per heavy atom. The second-order valence-corrected chi connectivity index (χ2v) is 8.64. The normalized spacial score (nSPS) is 16.9. The van der Waals surface area contributed by atoms with Crippen molar-refractivity contribution in [2.24, 2.45) is 0 Å². The van der Waals surface area contributed by atoms with Gasteiger partial charge in [0.15, 0.2) is 11.6 Å². The van der Waals surface area contributed by atoms with E-state index in [0.29, 0.717) is 39.3 Å². The SMILES string of the molecule is Cl.O=C(NC1CCN(CCOc2cc(F)c(N3CCNCC3)c(F)c2)CC1)OCc1ccccc1. The highest BCUT2D eigenvalue weighted by Gasteiger charge is 2.22. The van der Waals surface area contributed by atoms with Crippen LogP contribution in [-0.4, -0.2) is 69.5 Å². The number of amides is 1. The van der Waals surface area contributed by atoms with Crippen molar-refractivity contribution in [2.75, 3.05) is 57.3 Å². The van der Waals surface area contributed by atoms with Crippen molar-refractivity contribution in [1.29, 1.82) is 0 Å². The second-order valence-electron chi connectivity index (χ2n) is 8.64. The number of piperazine rings is 1. The molecule has 2 aromatic carbocycles. The van der Waals surface area contributed by atoms with Gasteiger partial charge in [-0.15, -0.1) is 12.4 Å². The summed E-state index contributed by atoms with van der Waals surface area (Å²) in [6.07, 6.45) is 1.21. The summed E-state index contributed by atoms with van der Waals surface area (Å²) in [4.78, 5) is 16.0. The standard InChI is InChI=1S/C25H32F2N4O3.ClH/c26-22-16-21(17-23(27)24(22)31-12-8-28-9-13-31)33-15-14-30-10-6-20(7-11-30)29-25(32)34-18-19-4-2-1-3-5-19;/h1-5,16-17,20,28H,6-15,18H2,(H,29,32);1H. The number of alkyl carbamates (subject to hydrolysis) is 1. The minimum Gasteiger partial charge on any atom is -0.492 e. The van der Waals surface area contributed by atoms with Crippen molar-refractivity contribution in [3.63, 3.8) is 0 Å². The molecule has 2 aliphatic rings. The van der Waals surface area contributed by atoms with Crippen LogP contribution < -0.4 is 20.3 Å². The molecule has 192 valence electrons. The van der Waals surface area contributed by atoms with Gasteiger partial charge < -0.3 is 25.0 Å². The molecule has 2 heterocycles. The third-order valence-corrected chi connectivity index (χ3v) is 6.22. The van der Waals surface area contributed by atoms with Crippen molar-refractivity contribution < 1.29 is 23.0 Å². The average molecular weight is 511 g/mol. The maximum absolute atomic E-state index is 14.5. The summed E-state index contributed by atoms with van der Waals surface area (Å²) in [7, 11) is 0. The largest absolute Gasteiger partial charge is 0.492 e. The van der Waals surface area contributed by atoms with Gasteiger partial charge in [0.2, 0.25) is 0 Å². The first kappa shape index (κ1) is 27.0. The maximum Gasteiger partial charge on any atom is 0.407 e. The molecule has 2 aromatic rings. The van der Waals surface area contributed by atoms with Crippen molar-refractivity contribution >= 4 is 24.2 Å². The smallest absolute Gasteiger partial charge is 0.407 e. The average Bonchev–Trinajstić information content (AvgIpc) is 2.85. The van der Waals surface area contributed by atoms with Crippen molar-refractivity contribution in [3.8, 4) is 5.75 Å². The Morgan fingerprint density at radius 2 is 1.69 bits per heavy atom. The zero-order valence-corrected chi connectivity index (χ0v) is 20.5. The number of benzene rings is 2. The van der Waals surface area contributed by atoms with Crippen LogP contribution in [0.5, 0.6) is 5.75 Å². The molecule has 1 amide bonds. The quantitative estimate of drug-likeness (QED) is 0.566. The zero-order valence-electron chi connectivity index (χ0n) is 19.7. The van der Waals surface area contributed by atoms with E-state index in [-0.39, 0.29) is 36.5 Å². The number of piperidine rings is 1. The van der Waals surface area contributed by atoms with Crippen LogP contribution in [0.25, 0.3) is 0 Å². The van der Waals surface area contributed by atoms with Crippen molar-refractivity contribution in [3.05, 3.63) is 59.7 Å². The summed E-state index contributed by atoms with van der Waals surface area (Å²) in [6.45, 7) is 5.40. The van der Waals surface area contributed by atoms with E-state index in [0.717, 1.165) is 31.5 Å². The van der Waals surface area contributed by atoms with E-state index in [4.69, 9.17) is 9.47 Å². The van der Waals surface area contributed by atoms with Crippen LogP contribution in [-0.2, 0) is 11.3 Å². The molecule has 0 spiro atoms. The van der Waals surface area contributed by atoms with E-state index < -0.39 is 17.7 Å². The molecule has 35 heavy (non-hydrogen) atoms. The topological polar surface area (TPSA) is 66.1 Å². The molecule has 0 aromatic heterocycles. The second kappa shape index (κ2) is 13.5. The Bertz CT molecular complexity index is 917. The van der Waals surface area contributed by atoms with Crippen LogP contribution >= 0.6 is 12.4 Å². The fourth-order valence-corrected chi connectivity index (χ4v) is 4.34. The maximum atomic E-state index is 14.5. The Morgan fingerprint density at radius 3 is 2.34 bits per heavy atom. The summed E-state index contributed by atoms with van der Waals surface area (Å²) in [6, 6.07) is 12.2.